The number of carboxylic acid groups (broad SMARTS) is 1. The van der Waals surface area contributed by atoms with E-state index in [0.29, 0.717) is 11.0 Å². The van der Waals surface area contributed by atoms with Crippen LogP contribution in [0.15, 0.2) is 12.4 Å². The Kier molecular flexibility index (Phi) is 4.57. The summed E-state index contributed by atoms with van der Waals surface area (Å²) >= 11 is 0. The molecule has 1 unspecified atom stereocenters. The van der Waals surface area contributed by atoms with Gasteiger partial charge in [-0.1, -0.05) is 0 Å². The van der Waals surface area contributed by atoms with Gasteiger partial charge in [0.2, 0.25) is 0 Å². The molecule has 1 aromatic rings. The molecule has 1 saturated heterocycles. The molecule has 2 heterocycles. The molecule has 0 aromatic carbocycles. The Hall–Kier alpha value is -1.55. The van der Waals surface area contributed by atoms with Crippen molar-refractivity contribution < 1.29 is 27.1 Å². The quantitative estimate of drug-likeness (QED) is 0.812. The highest BCUT2D eigenvalue weighted by atomic mass is 32.2. The second-order valence-electron chi connectivity index (χ2n) is 4.88. The third kappa shape index (κ3) is 3.97. The Labute approximate surface area is 120 Å². The van der Waals surface area contributed by atoms with Crippen molar-refractivity contribution in [2.75, 3.05) is 18.1 Å². The van der Waals surface area contributed by atoms with E-state index in [1.54, 1.807) is 0 Å². The molecule has 0 saturated carbocycles. The minimum Gasteiger partial charge on any atom is -0.480 e. The van der Waals surface area contributed by atoms with Crippen molar-refractivity contribution in [3.8, 4) is 0 Å². The number of nitrogens with zero attached hydrogens (tertiary/aromatic N) is 3. The largest absolute Gasteiger partial charge is 0.480 e. The third-order valence-electron chi connectivity index (χ3n) is 3.37. The van der Waals surface area contributed by atoms with Crippen molar-refractivity contribution >= 4 is 15.8 Å². The van der Waals surface area contributed by atoms with E-state index in [4.69, 9.17) is 5.11 Å². The molecule has 0 spiro atoms. The van der Waals surface area contributed by atoms with E-state index in [1.165, 1.54) is 11.1 Å². The van der Waals surface area contributed by atoms with Crippen LogP contribution in [0.2, 0.25) is 0 Å². The number of hydrogen-bond acceptors (Lipinski definition) is 5. The van der Waals surface area contributed by atoms with Crippen LogP contribution in [-0.4, -0.2) is 58.0 Å². The summed E-state index contributed by atoms with van der Waals surface area (Å²) in [5.41, 5.74) is 0. The first-order valence-electron chi connectivity index (χ1n) is 6.24. The Bertz CT molecular complexity index is 617. The number of imidazole rings is 1. The fraction of sp³-hybridized carbons (Fsp3) is 0.636. The van der Waals surface area contributed by atoms with Gasteiger partial charge in [-0.15, -0.1) is 0 Å². The third-order valence-corrected chi connectivity index (χ3v) is 5.12. The van der Waals surface area contributed by atoms with Crippen LogP contribution in [0.25, 0.3) is 0 Å². The predicted molar refractivity (Wildman–Crippen MR) is 68.6 cm³/mol. The zero-order chi connectivity index (χ0) is 15.6. The van der Waals surface area contributed by atoms with Gasteiger partial charge in [-0.3, -0.25) is 14.3 Å². The molecule has 1 N–H and O–H groups in total. The van der Waals surface area contributed by atoms with Crippen LogP contribution in [0.1, 0.15) is 18.8 Å². The predicted octanol–water partition coefficient (Wildman–Crippen LogP) is 0.352. The second kappa shape index (κ2) is 6.06. The maximum atomic E-state index is 12.8. The molecule has 2 rings (SSSR count). The fourth-order valence-electron chi connectivity index (χ4n) is 2.38. The molecule has 21 heavy (non-hydrogen) atoms. The first-order valence-corrected chi connectivity index (χ1v) is 8.07. The fourth-order valence-corrected chi connectivity index (χ4v) is 4.14. The van der Waals surface area contributed by atoms with E-state index in [9.17, 15) is 22.0 Å². The van der Waals surface area contributed by atoms with E-state index in [1.807, 2.05) is 0 Å². The maximum Gasteiger partial charge on any atom is 0.319 e. The summed E-state index contributed by atoms with van der Waals surface area (Å²) in [6, 6.07) is -0.492. The van der Waals surface area contributed by atoms with Crippen LogP contribution in [-0.2, 0) is 21.2 Å². The van der Waals surface area contributed by atoms with Crippen LogP contribution < -0.4 is 0 Å². The lowest BCUT2D eigenvalue weighted by molar-refractivity contribution is -0.139. The smallest absolute Gasteiger partial charge is 0.319 e. The van der Waals surface area contributed by atoms with Crippen LogP contribution in [0.4, 0.5) is 8.78 Å². The van der Waals surface area contributed by atoms with E-state index in [2.05, 4.69) is 4.98 Å². The normalized spacial score (nSPS) is 21.2. The van der Waals surface area contributed by atoms with Crippen molar-refractivity contribution in [1.82, 2.24) is 14.5 Å². The summed E-state index contributed by atoms with van der Waals surface area (Å²) in [5, 5.41) is 8.91. The van der Waals surface area contributed by atoms with Gasteiger partial charge >= 0.3 is 12.5 Å². The Morgan fingerprint density at radius 3 is 2.81 bits per heavy atom. The van der Waals surface area contributed by atoms with Gasteiger partial charge < -0.3 is 5.11 Å². The molecule has 1 atom stereocenters. The first kappa shape index (κ1) is 15.8. The summed E-state index contributed by atoms with van der Waals surface area (Å²) in [7, 11) is -3.19. The average molecular weight is 323 g/mol. The molecule has 1 aliphatic heterocycles. The summed E-state index contributed by atoms with van der Waals surface area (Å²) in [4.78, 5) is 16.1. The molecule has 1 fully saturated rings. The molecular weight excluding hydrogens is 308 g/mol. The average Bonchev–Trinajstić information content (AvgIpc) is 2.94. The molecule has 10 heteroatoms. The number of sulfone groups is 1. The highest BCUT2D eigenvalue weighted by Crippen LogP contribution is 2.21. The molecular formula is C11H15F2N3O4S. The number of rotatable bonds is 6. The number of halogens is 2. The van der Waals surface area contributed by atoms with Gasteiger partial charge in [0.15, 0.2) is 9.84 Å². The Morgan fingerprint density at radius 1 is 1.57 bits per heavy atom. The van der Waals surface area contributed by atoms with Crippen molar-refractivity contribution in [3.05, 3.63) is 18.2 Å². The lowest BCUT2D eigenvalue weighted by Gasteiger charge is -2.26. The van der Waals surface area contributed by atoms with Crippen molar-refractivity contribution in [2.45, 2.75) is 25.6 Å². The highest BCUT2D eigenvalue weighted by Gasteiger charge is 2.33. The zero-order valence-corrected chi connectivity index (χ0v) is 11.8. The SMILES string of the molecule is O=C(O)CN(Cc1nccn1C(F)F)C1CCS(=O)(=O)C1. The summed E-state index contributed by atoms with van der Waals surface area (Å²) in [5.74, 6) is -1.31. The van der Waals surface area contributed by atoms with Crippen molar-refractivity contribution in [3.63, 3.8) is 0 Å². The first-order chi connectivity index (χ1) is 9.78. The van der Waals surface area contributed by atoms with E-state index >= 15 is 0 Å². The monoisotopic (exact) mass is 323 g/mol. The molecule has 0 amide bonds. The van der Waals surface area contributed by atoms with Gasteiger partial charge in [0.05, 0.1) is 24.6 Å². The molecule has 1 aromatic heterocycles. The number of hydrogen-bond donors (Lipinski definition) is 1. The van der Waals surface area contributed by atoms with Crippen LogP contribution in [0.5, 0.6) is 0 Å². The van der Waals surface area contributed by atoms with E-state index in [-0.39, 0.29) is 23.9 Å². The number of carboxylic acids is 1. The second-order valence-corrected chi connectivity index (χ2v) is 7.11. The van der Waals surface area contributed by atoms with Gasteiger partial charge in [0.25, 0.3) is 0 Å². The summed E-state index contributed by atoms with van der Waals surface area (Å²) < 4.78 is 49.2. The number of carbonyl (C=O) groups is 1. The summed E-state index contributed by atoms with van der Waals surface area (Å²) in [6.45, 7) is -3.33. The zero-order valence-electron chi connectivity index (χ0n) is 11.0. The van der Waals surface area contributed by atoms with Gasteiger partial charge in [-0.2, -0.15) is 8.78 Å². The minimum absolute atomic E-state index is 0.00977. The van der Waals surface area contributed by atoms with Crippen molar-refractivity contribution in [1.29, 1.82) is 0 Å². The van der Waals surface area contributed by atoms with Crippen LogP contribution in [0, 0.1) is 0 Å². The highest BCUT2D eigenvalue weighted by molar-refractivity contribution is 7.91. The molecule has 1 aliphatic rings. The Morgan fingerprint density at radius 2 is 2.29 bits per heavy atom. The lowest BCUT2D eigenvalue weighted by atomic mass is 10.2. The molecule has 0 radical (unpaired) electrons. The van der Waals surface area contributed by atoms with Crippen molar-refractivity contribution in [2.24, 2.45) is 0 Å². The molecule has 118 valence electrons. The number of aromatic nitrogens is 2. The molecule has 0 aliphatic carbocycles. The van der Waals surface area contributed by atoms with Gasteiger partial charge in [0, 0.05) is 18.4 Å². The minimum atomic E-state index is -3.19. The Balaban J connectivity index is 2.17. The van der Waals surface area contributed by atoms with Gasteiger partial charge in [0.1, 0.15) is 5.82 Å². The summed E-state index contributed by atoms with van der Waals surface area (Å²) in [6.07, 6.45) is 2.60. The maximum absolute atomic E-state index is 12.8. The molecule has 7 nitrogen and oxygen atoms in total. The van der Waals surface area contributed by atoms with Crippen LogP contribution >= 0.6 is 0 Å². The number of alkyl halides is 2. The standard InChI is InChI=1S/C11H15F2N3O4S/c12-11(13)16-3-2-14-9(16)5-15(6-10(17)18)8-1-4-21(19,20)7-8/h2-3,8,11H,1,4-7H2,(H,17,18). The number of aliphatic carboxylic acids is 1. The lowest BCUT2D eigenvalue weighted by Crippen LogP contribution is -2.40. The topological polar surface area (TPSA) is 92.5 Å². The van der Waals surface area contributed by atoms with E-state index in [0.717, 1.165) is 6.20 Å². The van der Waals surface area contributed by atoms with Crippen LogP contribution in [0.3, 0.4) is 0 Å². The molecule has 0 bridgehead atoms. The van der Waals surface area contributed by atoms with Gasteiger partial charge in [-0.25, -0.2) is 13.4 Å². The van der Waals surface area contributed by atoms with Gasteiger partial charge in [-0.05, 0) is 6.42 Å². The van der Waals surface area contributed by atoms with E-state index < -0.39 is 34.9 Å².